The van der Waals surface area contributed by atoms with Crippen LogP contribution in [0.5, 0.6) is 0 Å². The van der Waals surface area contributed by atoms with Crippen molar-refractivity contribution in [3.63, 3.8) is 0 Å². The average molecular weight is 217 g/mol. The van der Waals surface area contributed by atoms with Crippen LogP contribution in [0.15, 0.2) is 12.3 Å². The third kappa shape index (κ3) is 2.81. The van der Waals surface area contributed by atoms with Gasteiger partial charge in [0.1, 0.15) is 0 Å². The molecule has 1 aromatic heterocycles. The molecule has 0 aliphatic carbocycles. The van der Waals surface area contributed by atoms with Gasteiger partial charge in [-0.25, -0.2) is 13.1 Å². The van der Waals surface area contributed by atoms with Gasteiger partial charge in [0.15, 0.2) is 0 Å². The molecule has 0 fully saturated rings. The van der Waals surface area contributed by atoms with Crippen molar-refractivity contribution >= 4 is 10.0 Å². The number of nitrogens with zero attached hydrogens (tertiary/aromatic N) is 2. The summed E-state index contributed by atoms with van der Waals surface area (Å²) >= 11 is 0. The topological polar surface area (TPSA) is 64.0 Å². The van der Waals surface area contributed by atoms with E-state index >= 15 is 0 Å². The molecule has 80 valence electrons. The number of aromatic nitrogens is 2. The monoisotopic (exact) mass is 217 g/mol. The Balaban J connectivity index is 2.57. The van der Waals surface area contributed by atoms with Crippen molar-refractivity contribution in [2.75, 3.05) is 0 Å². The number of rotatable bonds is 4. The highest BCUT2D eigenvalue weighted by atomic mass is 32.2. The Hall–Kier alpha value is -0.880. The zero-order valence-corrected chi connectivity index (χ0v) is 9.37. The Bertz CT molecular complexity index is 394. The SMILES string of the molecule is CC(C)S(=O)(=O)NCc1ccn(C)n1. The summed E-state index contributed by atoms with van der Waals surface area (Å²) in [4.78, 5) is 0. The highest BCUT2D eigenvalue weighted by Crippen LogP contribution is 1.99. The first kappa shape index (κ1) is 11.2. The van der Waals surface area contributed by atoms with Crippen LogP contribution in [0.1, 0.15) is 19.5 Å². The predicted octanol–water partition coefficient (Wildman–Crippen LogP) is 0.248. The van der Waals surface area contributed by atoms with Gasteiger partial charge < -0.3 is 0 Å². The normalized spacial score (nSPS) is 12.3. The van der Waals surface area contributed by atoms with E-state index in [0.29, 0.717) is 0 Å². The molecule has 1 N–H and O–H groups in total. The summed E-state index contributed by atoms with van der Waals surface area (Å²) in [5, 5.41) is 3.65. The van der Waals surface area contributed by atoms with Gasteiger partial charge in [-0.1, -0.05) is 0 Å². The van der Waals surface area contributed by atoms with E-state index < -0.39 is 15.3 Å². The zero-order chi connectivity index (χ0) is 10.8. The summed E-state index contributed by atoms with van der Waals surface area (Å²) in [6, 6.07) is 1.78. The highest BCUT2D eigenvalue weighted by Gasteiger charge is 2.15. The maximum atomic E-state index is 11.4. The van der Waals surface area contributed by atoms with Gasteiger partial charge in [-0.2, -0.15) is 5.10 Å². The van der Waals surface area contributed by atoms with Crippen LogP contribution in [-0.4, -0.2) is 23.4 Å². The molecule has 0 unspecified atom stereocenters. The summed E-state index contributed by atoms with van der Waals surface area (Å²) in [6.45, 7) is 3.53. The standard InChI is InChI=1S/C8H15N3O2S/c1-7(2)14(12,13)9-6-8-4-5-11(3)10-8/h4-5,7,9H,6H2,1-3H3. The molecule has 0 bridgehead atoms. The van der Waals surface area contributed by atoms with Crippen molar-refractivity contribution in [1.29, 1.82) is 0 Å². The number of hydrogen-bond acceptors (Lipinski definition) is 3. The predicted molar refractivity (Wildman–Crippen MR) is 54.1 cm³/mol. The molecule has 14 heavy (non-hydrogen) atoms. The van der Waals surface area contributed by atoms with Crippen molar-refractivity contribution in [1.82, 2.24) is 14.5 Å². The van der Waals surface area contributed by atoms with Crippen molar-refractivity contribution in [3.8, 4) is 0 Å². The second-order valence-corrected chi connectivity index (χ2v) is 5.72. The number of nitrogens with one attached hydrogen (secondary N) is 1. The fraction of sp³-hybridized carbons (Fsp3) is 0.625. The number of aryl methyl sites for hydroxylation is 1. The molecule has 5 nitrogen and oxygen atoms in total. The van der Waals surface area contributed by atoms with Gasteiger partial charge >= 0.3 is 0 Å². The molecular weight excluding hydrogens is 202 g/mol. The lowest BCUT2D eigenvalue weighted by Gasteiger charge is -2.07. The first-order valence-electron chi connectivity index (χ1n) is 4.39. The minimum Gasteiger partial charge on any atom is -0.276 e. The largest absolute Gasteiger partial charge is 0.276 e. The summed E-state index contributed by atoms with van der Waals surface area (Å²) < 4.78 is 26.9. The van der Waals surface area contributed by atoms with Crippen LogP contribution in [0.2, 0.25) is 0 Å². The molecule has 0 aliphatic heterocycles. The van der Waals surface area contributed by atoms with Gasteiger partial charge in [-0.05, 0) is 19.9 Å². The van der Waals surface area contributed by atoms with Gasteiger partial charge in [0, 0.05) is 13.2 Å². The van der Waals surface area contributed by atoms with Crippen LogP contribution in [0.3, 0.4) is 0 Å². The lowest BCUT2D eigenvalue weighted by atomic mass is 10.4. The zero-order valence-electron chi connectivity index (χ0n) is 8.56. The van der Waals surface area contributed by atoms with Crippen LogP contribution in [0.4, 0.5) is 0 Å². The number of hydrogen-bond donors (Lipinski definition) is 1. The molecule has 0 amide bonds. The maximum absolute atomic E-state index is 11.4. The molecule has 1 aromatic rings. The molecule has 0 atom stereocenters. The summed E-state index contributed by atoms with van der Waals surface area (Å²) in [5.41, 5.74) is 0.719. The van der Waals surface area contributed by atoms with Gasteiger partial charge in [0.05, 0.1) is 17.5 Å². The average Bonchev–Trinajstić information content (AvgIpc) is 2.48. The van der Waals surface area contributed by atoms with Crippen molar-refractivity contribution in [2.45, 2.75) is 25.6 Å². The minimum atomic E-state index is -3.19. The van der Waals surface area contributed by atoms with Crippen molar-refractivity contribution in [2.24, 2.45) is 7.05 Å². The molecule has 1 heterocycles. The Kier molecular flexibility index (Phi) is 3.28. The fourth-order valence-corrected chi connectivity index (χ4v) is 1.58. The van der Waals surface area contributed by atoms with Crippen molar-refractivity contribution < 1.29 is 8.42 Å². The third-order valence-electron chi connectivity index (χ3n) is 1.84. The van der Waals surface area contributed by atoms with Gasteiger partial charge in [-0.3, -0.25) is 4.68 Å². The van der Waals surface area contributed by atoms with Gasteiger partial charge in [0.25, 0.3) is 0 Å². The summed E-state index contributed by atoms with van der Waals surface area (Å²) in [7, 11) is -1.39. The van der Waals surface area contributed by atoms with E-state index in [9.17, 15) is 8.42 Å². The first-order valence-corrected chi connectivity index (χ1v) is 5.93. The van der Waals surface area contributed by atoms with E-state index in [-0.39, 0.29) is 6.54 Å². The minimum absolute atomic E-state index is 0.251. The van der Waals surface area contributed by atoms with Crippen LogP contribution in [0, 0.1) is 0 Å². The molecule has 0 aliphatic rings. The fourth-order valence-electron chi connectivity index (χ4n) is 0.899. The Morgan fingerprint density at radius 2 is 2.21 bits per heavy atom. The van der Waals surface area contributed by atoms with E-state index in [0.717, 1.165) is 5.69 Å². The van der Waals surface area contributed by atoms with Crippen LogP contribution in [-0.2, 0) is 23.6 Å². The van der Waals surface area contributed by atoms with E-state index in [2.05, 4.69) is 9.82 Å². The lowest BCUT2D eigenvalue weighted by Crippen LogP contribution is -2.30. The second kappa shape index (κ2) is 4.10. The smallest absolute Gasteiger partial charge is 0.214 e. The Morgan fingerprint density at radius 1 is 1.57 bits per heavy atom. The van der Waals surface area contributed by atoms with Crippen LogP contribution in [0.25, 0.3) is 0 Å². The van der Waals surface area contributed by atoms with Crippen molar-refractivity contribution in [3.05, 3.63) is 18.0 Å². The van der Waals surface area contributed by atoms with Gasteiger partial charge in [0.2, 0.25) is 10.0 Å². The molecular formula is C8H15N3O2S. The summed E-state index contributed by atoms with van der Waals surface area (Å²) in [5.74, 6) is 0. The first-order chi connectivity index (χ1) is 6.42. The molecule has 0 saturated carbocycles. The van der Waals surface area contributed by atoms with E-state index in [4.69, 9.17) is 0 Å². The molecule has 0 saturated heterocycles. The summed E-state index contributed by atoms with van der Waals surface area (Å²) in [6.07, 6.45) is 1.78. The van der Waals surface area contributed by atoms with Crippen LogP contribution < -0.4 is 4.72 Å². The maximum Gasteiger partial charge on any atom is 0.214 e. The van der Waals surface area contributed by atoms with Crippen LogP contribution >= 0.6 is 0 Å². The molecule has 0 spiro atoms. The molecule has 1 rings (SSSR count). The molecule has 0 aromatic carbocycles. The van der Waals surface area contributed by atoms with E-state index in [1.807, 2.05) is 0 Å². The Morgan fingerprint density at radius 3 is 2.64 bits per heavy atom. The van der Waals surface area contributed by atoms with E-state index in [1.54, 1.807) is 37.8 Å². The van der Waals surface area contributed by atoms with Gasteiger partial charge in [-0.15, -0.1) is 0 Å². The number of sulfonamides is 1. The molecule has 0 radical (unpaired) electrons. The Labute approximate surface area is 84.2 Å². The third-order valence-corrected chi connectivity index (χ3v) is 3.63. The highest BCUT2D eigenvalue weighted by molar-refractivity contribution is 7.90. The second-order valence-electron chi connectivity index (χ2n) is 3.40. The molecule has 6 heteroatoms. The van der Waals surface area contributed by atoms with E-state index in [1.165, 1.54) is 0 Å². The lowest BCUT2D eigenvalue weighted by molar-refractivity contribution is 0.570. The quantitative estimate of drug-likeness (QED) is 0.786.